The number of hydrogen-bond donors (Lipinski definition) is 3. The molecule has 0 unspecified atom stereocenters. The Balaban J connectivity index is 1.52. The van der Waals surface area contributed by atoms with Crippen LogP contribution in [-0.2, 0) is 4.79 Å². The number of aliphatic hydroxyl groups excluding tert-OH is 1. The summed E-state index contributed by atoms with van der Waals surface area (Å²) in [4.78, 5) is 18.4. The maximum absolute atomic E-state index is 12.1. The molecule has 2 aliphatic rings. The topological polar surface area (TPSA) is 94.1 Å². The fourth-order valence-electron chi connectivity index (χ4n) is 3.40. The van der Waals surface area contributed by atoms with Gasteiger partial charge in [-0.05, 0) is 25.7 Å². The van der Waals surface area contributed by atoms with Gasteiger partial charge >= 0.3 is 0 Å². The van der Waals surface area contributed by atoms with Gasteiger partial charge in [0, 0.05) is 38.4 Å². The molecule has 1 aromatic heterocycles. The highest BCUT2D eigenvalue weighted by molar-refractivity contribution is 5.79. The van der Waals surface area contributed by atoms with Crippen LogP contribution in [0.25, 0.3) is 0 Å². The van der Waals surface area contributed by atoms with E-state index in [0.717, 1.165) is 25.1 Å². The molecule has 3 atom stereocenters. The van der Waals surface area contributed by atoms with Gasteiger partial charge in [-0.2, -0.15) is 4.98 Å². The maximum atomic E-state index is 12.1. The Labute approximate surface area is 136 Å². The minimum Gasteiger partial charge on any atom is -0.393 e. The van der Waals surface area contributed by atoms with Crippen LogP contribution in [0.1, 0.15) is 37.4 Å². The van der Waals surface area contributed by atoms with Crippen molar-refractivity contribution in [2.75, 3.05) is 25.5 Å². The van der Waals surface area contributed by atoms with Crippen molar-refractivity contribution in [2.45, 2.75) is 37.7 Å². The molecule has 1 aromatic rings. The number of nitrogens with one attached hydrogen (secondary N) is 2. The summed E-state index contributed by atoms with van der Waals surface area (Å²) in [6, 6.07) is 0. The largest absolute Gasteiger partial charge is 0.393 e. The van der Waals surface area contributed by atoms with Gasteiger partial charge in [0.2, 0.25) is 11.9 Å². The van der Waals surface area contributed by atoms with E-state index >= 15 is 0 Å². The molecule has 0 aliphatic heterocycles. The first-order valence-corrected chi connectivity index (χ1v) is 8.25. The molecule has 0 saturated heterocycles. The van der Waals surface area contributed by atoms with Gasteiger partial charge in [-0.25, -0.2) is 0 Å². The molecular formula is C16H25N5O2. The molecular weight excluding hydrogens is 294 g/mol. The van der Waals surface area contributed by atoms with Crippen LogP contribution in [0.5, 0.6) is 0 Å². The second-order valence-corrected chi connectivity index (χ2v) is 6.80. The van der Waals surface area contributed by atoms with Crippen LogP contribution in [0.15, 0.2) is 12.2 Å². The molecule has 1 amide bonds. The van der Waals surface area contributed by atoms with E-state index in [9.17, 15) is 9.90 Å². The number of amides is 1. The lowest BCUT2D eigenvalue weighted by Gasteiger charge is -2.17. The molecule has 1 saturated carbocycles. The number of anilines is 1. The predicted octanol–water partition coefficient (Wildman–Crippen LogP) is 0.808. The lowest BCUT2D eigenvalue weighted by atomic mass is 10.0. The van der Waals surface area contributed by atoms with E-state index in [1.54, 1.807) is 0 Å². The molecule has 1 fully saturated rings. The Kier molecular flexibility index (Phi) is 4.66. The van der Waals surface area contributed by atoms with Crippen molar-refractivity contribution < 1.29 is 9.90 Å². The van der Waals surface area contributed by atoms with E-state index in [2.05, 4.69) is 32.7 Å². The Morgan fingerprint density at radius 2 is 2.13 bits per heavy atom. The third-order valence-corrected chi connectivity index (χ3v) is 4.85. The highest BCUT2D eigenvalue weighted by atomic mass is 16.3. The van der Waals surface area contributed by atoms with E-state index in [1.807, 2.05) is 19.0 Å². The van der Waals surface area contributed by atoms with Crippen molar-refractivity contribution in [1.82, 2.24) is 20.5 Å². The number of carbonyl (C=O) groups is 1. The molecule has 3 N–H and O–H groups in total. The SMILES string of the molecule is CN(C)c1n[nH]c([C@H]2C[C@H](CNC(=O)C3CC=CC3)[C@H](O)C2)n1. The van der Waals surface area contributed by atoms with Gasteiger partial charge in [-0.15, -0.1) is 5.10 Å². The van der Waals surface area contributed by atoms with Crippen LogP contribution < -0.4 is 10.2 Å². The van der Waals surface area contributed by atoms with Crippen LogP contribution in [0.4, 0.5) is 5.95 Å². The van der Waals surface area contributed by atoms with Gasteiger partial charge in [0.15, 0.2) is 0 Å². The van der Waals surface area contributed by atoms with E-state index < -0.39 is 6.10 Å². The van der Waals surface area contributed by atoms with Gasteiger partial charge in [-0.3, -0.25) is 9.89 Å². The Hall–Kier alpha value is -1.89. The molecule has 0 bridgehead atoms. The second-order valence-electron chi connectivity index (χ2n) is 6.80. The van der Waals surface area contributed by atoms with Crippen molar-refractivity contribution in [2.24, 2.45) is 11.8 Å². The van der Waals surface area contributed by atoms with Crippen molar-refractivity contribution in [3.63, 3.8) is 0 Å². The lowest BCUT2D eigenvalue weighted by molar-refractivity contribution is -0.124. The third kappa shape index (κ3) is 3.55. The quantitative estimate of drug-likeness (QED) is 0.698. The summed E-state index contributed by atoms with van der Waals surface area (Å²) in [6.07, 6.45) is 6.82. The Morgan fingerprint density at radius 1 is 1.39 bits per heavy atom. The summed E-state index contributed by atoms with van der Waals surface area (Å²) in [6.45, 7) is 0.529. The number of aromatic nitrogens is 3. The van der Waals surface area contributed by atoms with E-state index in [4.69, 9.17) is 0 Å². The normalized spacial score (nSPS) is 27.5. The zero-order valence-corrected chi connectivity index (χ0v) is 13.7. The first-order valence-electron chi connectivity index (χ1n) is 8.25. The molecule has 0 radical (unpaired) electrons. The summed E-state index contributed by atoms with van der Waals surface area (Å²) in [5.74, 6) is 1.88. The maximum Gasteiger partial charge on any atom is 0.244 e. The van der Waals surface area contributed by atoms with Crippen molar-refractivity contribution >= 4 is 11.9 Å². The fourth-order valence-corrected chi connectivity index (χ4v) is 3.40. The number of H-pyrrole nitrogens is 1. The van der Waals surface area contributed by atoms with Crippen LogP contribution in [-0.4, -0.2) is 52.9 Å². The second kappa shape index (κ2) is 6.70. The van der Waals surface area contributed by atoms with Crippen molar-refractivity contribution in [1.29, 1.82) is 0 Å². The first-order chi connectivity index (χ1) is 11.0. The van der Waals surface area contributed by atoms with Crippen molar-refractivity contribution in [3.8, 4) is 0 Å². The number of aromatic amines is 1. The minimum absolute atomic E-state index is 0.0706. The van der Waals surface area contributed by atoms with E-state index in [1.165, 1.54) is 0 Å². The molecule has 7 nitrogen and oxygen atoms in total. The van der Waals surface area contributed by atoms with Gasteiger partial charge in [0.05, 0.1) is 6.10 Å². The summed E-state index contributed by atoms with van der Waals surface area (Å²) in [5, 5.41) is 20.4. The summed E-state index contributed by atoms with van der Waals surface area (Å²) >= 11 is 0. The molecule has 3 rings (SSSR count). The summed E-state index contributed by atoms with van der Waals surface area (Å²) in [7, 11) is 3.79. The molecule has 0 aromatic carbocycles. The smallest absolute Gasteiger partial charge is 0.244 e. The predicted molar refractivity (Wildman–Crippen MR) is 87.1 cm³/mol. The van der Waals surface area contributed by atoms with Crippen LogP contribution in [0.2, 0.25) is 0 Å². The Morgan fingerprint density at radius 3 is 2.78 bits per heavy atom. The average molecular weight is 319 g/mol. The van der Waals surface area contributed by atoms with Crippen LogP contribution in [0.3, 0.4) is 0 Å². The number of hydrogen-bond acceptors (Lipinski definition) is 5. The zero-order valence-electron chi connectivity index (χ0n) is 13.7. The number of rotatable bonds is 5. The van der Waals surface area contributed by atoms with Gasteiger partial charge < -0.3 is 15.3 Å². The number of nitrogens with zero attached hydrogens (tertiary/aromatic N) is 3. The van der Waals surface area contributed by atoms with Crippen LogP contribution in [0, 0.1) is 11.8 Å². The molecule has 23 heavy (non-hydrogen) atoms. The highest BCUT2D eigenvalue weighted by Crippen LogP contribution is 2.37. The molecule has 7 heteroatoms. The highest BCUT2D eigenvalue weighted by Gasteiger charge is 2.36. The zero-order chi connectivity index (χ0) is 16.4. The molecule has 1 heterocycles. The van der Waals surface area contributed by atoms with Crippen molar-refractivity contribution in [3.05, 3.63) is 18.0 Å². The van der Waals surface area contributed by atoms with Gasteiger partial charge in [-0.1, -0.05) is 12.2 Å². The monoisotopic (exact) mass is 319 g/mol. The summed E-state index contributed by atoms with van der Waals surface area (Å²) < 4.78 is 0. The number of allylic oxidation sites excluding steroid dienone is 2. The first kappa shape index (κ1) is 16.0. The van der Waals surface area contributed by atoms with E-state index in [-0.39, 0.29) is 23.7 Å². The number of carbonyl (C=O) groups excluding carboxylic acids is 1. The van der Waals surface area contributed by atoms with Gasteiger partial charge in [0.25, 0.3) is 0 Å². The summed E-state index contributed by atoms with van der Waals surface area (Å²) in [5.41, 5.74) is 0. The van der Waals surface area contributed by atoms with E-state index in [0.29, 0.717) is 18.9 Å². The minimum atomic E-state index is -0.407. The van der Waals surface area contributed by atoms with Gasteiger partial charge in [0.1, 0.15) is 5.82 Å². The molecule has 0 spiro atoms. The fraction of sp³-hybridized carbons (Fsp3) is 0.688. The Bertz CT molecular complexity index is 575. The molecule has 126 valence electrons. The average Bonchev–Trinajstić information content (AvgIpc) is 3.25. The lowest BCUT2D eigenvalue weighted by Crippen LogP contribution is -2.35. The molecule has 2 aliphatic carbocycles. The standard InChI is InChI=1S/C16H25N5O2/c1-21(2)16-18-14(19-20-16)11-7-12(13(22)8-11)9-17-15(23)10-5-3-4-6-10/h3-4,10-13,22H,5-9H2,1-2H3,(H,17,23)(H,18,19,20)/t11-,12+,13+/m0/s1. The van der Waals surface area contributed by atoms with Crippen LogP contribution >= 0.6 is 0 Å². The third-order valence-electron chi connectivity index (χ3n) is 4.85. The number of aliphatic hydroxyl groups is 1.